The average Bonchev–Trinajstić information content (AvgIpc) is 2.69. The lowest BCUT2D eigenvalue weighted by Crippen LogP contribution is -2.39. The predicted octanol–water partition coefficient (Wildman–Crippen LogP) is 4.51. The van der Waals surface area contributed by atoms with Gasteiger partial charge >= 0.3 is 0 Å². The molecular weight excluding hydrogens is 394 g/mol. The molecule has 3 atom stereocenters. The molecule has 0 amide bonds. The van der Waals surface area contributed by atoms with Crippen LogP contribution in [0.4, 0.5) is 5.69 Å². The van der Waals surface area contributed by atoms with Crippen molar-refractivity contribution in [1.29, 1.82) is 0 Å². The summed E-state index contributed by atoms with van der Waals surface area (Å²) in [4.78, 5) is 0.908. The zero-order valence-electron chi connectivity index (χ0n) is 15.1. The van der Waals surface area contributed by atoms with Crippen LogP contribution < -0.4 is 16.4 Å². The Morgan fingerprint density at radius 1 is 1.11 bits per heavy atom. The number of hydrogen-bond donors (Lipinski definition) is 3. The van der Waals surface area contributed by atoms with Crippen molar-refractivity contribution in [2.45, 2.75) is 30.1 Å². The van der Waals surface area contributed by atoms with E-state index in [0.717, 1.165) is 30.1 Å². The summed E-state index contributed by atoms with van der Waals surface area (Å²) in [7, 11) is 0. The lowest BCUT2D eigenvalue weighted by atomic mass is 9.81. The molecule has 2 aliphatic heterocycles. The van der Waals surface area contributed by atoms with E-state index in [-0.39, 0.29) is 12.0 Å². The molecule has 1 saturated heterocycles. The molecule has 27 heavy (non-hydrogen) atoms. The third kappa shape index (κ3) is 4.11. The van der Waals surface area contributed by atoms with E-state index in [2.05, 4.69) is 46.7 Å². The van der Waals surface area contributed by atoms with Crippen molar-refractivity contribution >= 4 is 46.3 Å². The molecular formula is C21H24ClN3S2. The van der Waals surface area contributed by atoms with Gasteiger partial charge in [0.05, 0.1) is 11.0 Å². The molecule has 1 fully saturated rings. The Kier molecular flexibility index (Phi) is 5.93. The number of halogens is 1. The maximum atomic E-state index is 6.49. The molecule has 4 rings (SSSR count). The van der Waals surface area contributed by atoms with Crippen LogP contribution in [0, 0.1) is 0 Å². The summed E-state index contributed by atoms with van der Waals surface area (Å²) >= 11 is 14.4. The molecule has 3 nitrogen and oxygen atoms in total. The number of nitrogens with one attached hydrogen (secondary N) is 2. The van der Waals surface area contributed by atoms with Crippen molar-refractivity contribution in [3.63, 3.8) is 0 Å². The van der Waals surface area contributed by atoms with Crippen LogP contribution in [0.1, 0.15) is 41.5 Å². The lowest BCUT2D eigenvalue weighted by Gasteiger charge is -2.35. The number of anilines is 1. The number of rotatable bonds is 4. The maximum Gasteiger partial charge on any atom is 0.0836 e. The summed E-state index contributed by atoms with van der Waals surface area (Å²) in [6.07, 6.45) is 2.24. The number of thiocarbonyl (C=S) groups is 1. The Labute approximate surface area is 175 Å². The highest BCUT2D eigenvalue weighted by Gasteiger charge is 2.32. The summed E-state index contributed by atoms with van der Waals surface area (Å²) in [6, 6.07) is 14.2. The van der Waals surface area contributed by atoms with E-state index in [1.165, 1.54) is 23.3 Å². The van der Waals surface area contributed by atoms with Gasteiger partial charge in [-0.2, -0.15) is 11.8 Å². The van der Waals surface area contributed by atoms with Crippen LogP contribution >= 0.6 is 35.6 Å². The number of thioether (sulfide) groups is 1. The maximum absolute atomic E-state index is 6.49. The minimum absolute atomic E-state index is 0.0494. The Bertz CT molecular complexity index is 836. The summed E-state index contributed by atoms with van der Waals surface area (Å²) in [5.41, 5.74) is 10.3. The van der Waals surface area contributed by atoms with Gasteiger partial charge in [-0.3, -0.25) is 0 Å². The van der Waals surface area contributed by atoms with Gasteiger partial charge in [0.2, 0.25) is 0 Å². The fourth-order valence-electron chi connectivity index (χ4n) is 4.03. The highest BCUT2D eigenvalue weighted by atomic mass is 35.5. The van der Waals surface area contributed by atoms with Crippen molar-refractivity contribution in [2.75, 3.05) is 24.6 Å². The Morgan fingerprint density at radius 3 is 2.70 bits per heavy atom. The van der Waals surface area contributed by atoms with Crippen molar-refractivity contribution < 1.29 is 0 Å². The Hall–Kier alpha value is -1.27. The fourth-order valence-corrected chi connectivity index (χ4v) is 5.75. The topological polar surface area (TPSA) is 50.1 Å². The van der Waals surface area contributed by atoms with Gasteiger partial charge in [-0.15, -0.1) is 0 Å². The van der Waals surface area contributed by atoms with Crippen molar-refractivity contribution in [2.24, 2.45) is 0 Å². The quantitative estimate of drug-likeness (QED) is 0.504. The number of nitrogens with two attached hydrogens (primary N) is 1. The first kappa shape index (κ1) is 19.1. The number of fused-ring (bicyclic) bond motifs is 1. The molecule has 0 spiro atoms. The molecule has 0 aliphatic carbocycles. The molecule has 0 saturated carbocycles. The first-order valence-electron chi connectivity index (χ1n) is 9.40. The predicted molar refractivity (Wildman–Crippen MR) is 121 cm³/mol. The van der Waals surface area contributed by atoms with Gasteiger partial charge in [-0.25, -0.2) is 0 Å². The van der Waals surface area contributed by atoms with Crippen molar-refractivity contribution in [3.05, 3.63) is 64.2 Å². The fraction of sp³-hybridized carbons (Fsp3) is 0.381. The SMILES string of the molecule is Nc1ccc(Cl)c(C2NC(=S)C(CCC3CNCCS3)c3ccccc32)c1. The largest absolute Gasteiger partial charge is 0.399 e. The highest BCUT2D eigenvalue weighted by Crippen LogP contribution is 2.40. The molecule has 2 heterocycles. The standard InChI is InChI=1S/C21H24ClN3S2/c22-19-8-5-13(23)11-18(19)20-16-4-2-1-3-15(16)17(21(26)25-20)7-6-14-12-24-9-10-27-14/h1-5,8,11,14,17,20,24H,6-7,9-10,12,23H2,(H,25,26). The van der Waals surface area contributed by atoms with E-state index in [1.54, 1.807) is 0 Å². The first-order chi connectivity index (χ1) is 13.1. The molecule has 2 aromatic rings. The molecule has 2 aromatic carbocycles. The summed E-state index contributed by atoms with van der Waals surface area (Å²) in [6.45, 7) is 2.22. The molecule has 0 radical (unpaired) electrons. The monoisotopic (exact) mass is 417 g/mol. The van der Waals surface area contributed by atoms with Crippen LogP contribution in [0.25, 0.3) is 0 Å². The van der Waals surface area contributed by atoms with Gasteiger partial charge in [0, 0.05) is 40.7 Å². The number of benzene rings is 2. The molecule has 2 aliphatic rings. The van der Waals surface area contributed by atoms with E-state index in [4.69, 9.17) is 29.6 Å². The normalized spacial score (nSPS) is 24.9. The second-order valence-electron chi connectivity index (χ2n) is 7.18. The molecule has 3 unspecified atom stereocenters. The molecule has 142 valence electrons. The zero-order chi connectivity index (χ0) is 18.8. The molecule has 0 aromatic heterocycles. The average molecular weight is 418 g/mol. The van der Waals surface area contributed by atoms with Gasteiger partial charge in [0.15, 0.2) is 0 Å². The van der Waals surface area contributed by atoms with Crippen LogP contribution in [0.5, 0.6) is 0 Å². The molecule has 6 heteroatoms. The Morgan fingerprint density at radius 2 is 1.93 bits per heavy atom. The van der Waals surface area contributed by atoms with Gasteiger partial charge in [0.25, 0.3) is 0 Å². The van der Waals surface area contributed by atoms with Gasteiger partial charge < -0.3 is 16.4 Å². The second-order valence-corrected chi connectivity index (χ2v) is 9.43. The van der Waals surface area contributed by atoms with E-state index in [9.17, 15) is 0 Å². The molecule has 0 bridgehead atoms. The van der Waals surface area contributed by atoms with E-state index in [0.29, 0.717) is 16.0 Å². The minimum atomic E-state index is -0.0494. The van der Waals surface area contributed by atoms with Crippen LogP contribution in [0.2, 0.25) is 5.02 Å². The van der Waals surface area contributed by atoms with Crippen LogP contribution in [-0.4, -0.2) is 29.1 Å². The lowest BCUT2D eigenvalue weighted by molar-refractivity contribution is 0.583. The summed E-state index contributed by atoms with van der Waals surface area (Å²) < 4.78 is 0. The van der Waals surface area contributed by atoms with E-state index < -0.39 is 0 Å². The zero-order valence-corrected chi connectivity index (χ0v) is 17.5. The van der Waals surface area contributed by atoms with Crippen LogP contribution in [0.3, 0.4) is 0 Å². The van der Waals surface area contributed by atoms with E-state index >= 15 is 0 Å². The van der Waals surface area contributed by atoms with E-state index in [1.807, 2.05) is 18.2 Å². The van der Waals surface area contributed by atoms with Crippen LogP contribution in [0.15, 0.2) is 42.5 Å². The van der Waals surface area contributed by atoms with Crippen LogP contribution in [-0.2, 0) is 0 Å². The minimum Gasteiger partial charge on any atom is -0.399 e. The third-order valence-electron chi connectivity index (χ3n) is 5.40. The van der Waals surface area contributed by atoms with Gasteiger partial charge in [0.1, 0.15) is 0 Å². The first-order valence-corrected chi connectivity index (χ1v) is 11.2. The van der Waals surface area contributed by atoms with Gasteiger partial charge in [-0.1, -0.05) is 48.1 Å². The summed E-state index contributed by atoms with van der Waals surface area (Å²) in [5.74, 6) is 1.46. The smallest absolute Gasteiger partial charge is 0.0836 e. The van der Waals surface area contributed by atoms with Crippen molar-refractivity contribution in [1.82, 2.24) is 10.6 Å². The van der Waals surface area contributed by atoms with Crippen molar-refractivity contribution in [3.8, 4) is 0 Å². The number of hydrogen-bond acceptors (Lipinski definition) is 4. The third-order valence-corrected chi connectivity index (χ3v) is 7.46. The second kappa shape index (κ2) is 8.39. The Balaban J connectivity index is 1.62. The number of nitrogen functional groups attached to an aromatic ring is 1. The van der Waals surface area contributed by atoms with Gasteiger partial charge in [-0.05, 0) is 47.7 Å². The summed E-state index contributed by atoms with van der Waals surface area (Å²) in [5, 5.41) is 8.45. The highest BCUT2D eigenvalue weighted by molar-refractivity contribution is 8.00. The molecule has 4 N–H and O–H groups in total.